The Hall–Kier alpha value is -1.01. The molecule has 1 aromatic rings. The van der Waals surface area contributed by atoms with Gasteiger partial charge in [0.15, 0.2) is 16.6 Å². The fourth-order valence-electron chi connectivity index (χ4n) is 1.83. The first-order valence-electron chi connectivity index (χ1n) is 5.88. The second kappa shape index (κ2) is 5.10. The fraction of sp³-hybridized carbons (Fsp3) is 0.727. The Morgan fingerprint density at radius 3 is 2.94 bits per heavy atom. The van der Waals surface area contributed by atoms with Gasteiger partial charge in [-0.15, -0.1) is 0 Å². The van der Waals surface area contributed by atoms with E-state index in [1.165, 1.54) is 11.5 Å². The molecular formula is C11H19N3O2S. The van der Waals surface area contributed by atoms with Gasteiger partial charge in [0.1, 0.15) is 0 Å². The lowest BCUT2D eigenvalue weighted by molar-refractivity contribution is 0.121. The first kappa shape index (κ1) is 12.4. The molecule has 96 valence electrons. The third kappa shape index (κ3) is 2.81. The van der Waals surface area contributed by atoms with Gasteiger partial charge in [-0.1, -0.05) is 0 Å². The van der Waals surface area contributed by atoms with Crippen LogP contribution in [0.5, 0.6) is 5.75 Å². The normalized spacial score (nSPS) is 24.2. The highest BCUT2D eigenvalue weighted by atomic mass is 32.1. The maximum atomic E-state index is 5.80. The summed E-state index contributed by atoms with van der Waals surface area (Å²) in [5.74, 6) is 1.13. The summed E-state index contributed by atoms with van der Waals surface area (Å²) in [6.07, 6.45) is 1.30. The van der Waals surface area contributed by atoms with Crippen molar-refractivity contribution in [1.82, 2.24) is 4.37 Å². The van der Waals surface area contributed by atoms with Crippen LogP contribution in [0.4, 0.5) is 10.8 Å². The summed E-state index contributed by atoms with van der Waals surface area (Å²) in [6, 6.07) is 0.310. The summed E-state index contributed by atoms with van der Waals surface area (Å²) in [5, 5.41) is 4.31. The second-order valence-electron chi connectivity index (χ2n) is 4.51. The van der Waals surface area contributed by atoms with Crippen molar-refractivity contribution in [3.05, 3.63) is 0 Å². The van der Waals surface area contributed by atoms with Gasteiger partial charge in [0.05, 0.1) is 18.2 Å². The molecule has 1 aliphatic heterocycles. The van der Waals surface area contributed by atoms with Crippen LogP contribution in [-0.2, 0) is 4.74 Å². The van der Waals surface area contributed by atoms with Gasteiger partial charge in [0.2, 0.25) is 0 Å². The Morgan fingerprint density at radius 2 is 2.35 bits per heavy atom. The van der Waals surface area contributed by atoms with E-state index in [1.54, 1.807) is 0 Å². The smallest absolute Gasteiger partial charge is 0.197 e. The van der Waals surface area contributed by atoms with Crippen LogP contribution in [0.2, 0.25) is 0 Å². The maximum Gasteiger partial charge on any atom is 0.197 e. The number of hydrogen-bond acceptors (Lipinski definition) is 6. The zero-order valence-corrected chi connectivity index (χ0v) is 11.2. The van der Waals surface area contributed by atoms with Crippen LogP contribution < -0.4 is 15.8 Å². The molecule has 6 heteroatoms. The Labute approximate surface area is 105 Å². The van der Waals surface area contributed by atoms with Gasteiger partial charge in [0, 0.05) is 6.61 Å². The summed E-state index contributed by atoms with van der Waals surface area (Å²) in [4.78, 5) is 0. The topological polar surface area (TPSA) is 69.4 Å². The van der Waals surface area contributed by atoms with Crippen LogP contribution in [-0.4, -0.2) is 29.2 Å². The largest absolute Gasteiger partial charge is 0.484 e. The Bertz CT molecular complexity index is 381. The molecule has 0 bridgehead atoms. The van der Waals surface area contributed by atoms with Gasteiger partial charge in [-0.05, 0) is 38.7 Å². The number of rotatable bonds is 4. The van der Waals surface area contributed by atoms with Crippen LogP contribution >= 0.6 is 11.5 Å². The second-order valence-corrected chi connectivity index (χ2v) is 5.28. The summed E-state index contributed by atoms with van der Waals surface area (Å²) < 4.78 is 15.3. The maximum absolute atomic E-state index is 5.80. The monoisotopic (exact) mass is 257 g/mol. The van der Waals surface area contributed by atoms with E-state index in [2.05, 4.69) is 16.6 Å². The van der Waals surface area contributed by atoms with Crippen molar-refractivity contribution >= 4 is 22.4 Å². The van der Waals surface area contributed by atoms with Crippen LogP contribution in [0.25, 0.3) is 0 Å². The number of hydrogen-bond donors (Lipinski definition) is 2. The van der Waals surface area contributed by atoms with Crippen LogP contribution in [0, 0.1) is 0 Å². The lowest BCUT2D eigenvalue weighted by Crippen LogP contribution is -2.26. The molecule has 1 saturated heterocycles. The lowest BCUT2D eigenvalue weighted by atomic mass is 10.1. The van der Waals surface area contributed by atoms with Gasteiger partial charge < -0.3 is 20.5 Å². The molecule has 2 rings (SSSR count). The van der Waals surface area contributed by atoms with Gasteiger partial charge in [-0.2, -0.15) is 4.37 Å². The van der Waals surface area contributed by atoms with Gasteiger partial charge in [-0.25, -0.2) is 0 Å². The van der Waals surface area contributed by atoms with E-state index in [-0.39, 0.29) is 12.2 Å². The molecule has 2 heterocycles. The van der Waals surface area contributed by atoms with Crippen molar-refractivity contribution in [3.63, 3.8) is 0 Å². The van der Waals surface area contributed by atoms with Crippen LogP contribution in [0.3, 0.4) is 0 Å². The zero-order chi connectivity index (χ0) is 12.4. The summed E-state index contributed by atoms with van der Waals surface area (Å²) in [5.41, 5.74) is 5.80. The molecule has 1 aliphatic rings. The van der Waals surface area contributed by atoms with Crippen molar-refractivity contribution < 1.29 is 9.47 Å². The number of nitrogens with two attached hydrogens (primary N) is 1. The van der Waals surface area contributed by atoms with Gasteiger partial charge in [0.25, 0.3) is 0 Å². The van der Waals surface area contributed by atoms with Crippen molar-refractivity contribution in [2.75, 3.05) is 17.7 Å². The highest BCUT2D eigenvalue weighted by Crippen LogP contribution is 2.37. The zero-order valence-electron chi connectivity index (χ0n) is 10.4. The van der Waals surface area contributed by atoms with Crippen molar-refractivity contribution in [2.24, 2.45) is 0 Å². The minimum atomic E-state index is 0.0894. The van der Waals surface area contributed by atoms with Crippen LogP contribution in [0.1, 0.15) is 27.2 Å². The molecule has 0 aromatic carbocycles. The Balaban J connectivity index is 2.09. The molecule has 3 N–H and O–H groups in total. The highest BCUT2D eigenvalue weighted by Gasteiger charge is 2.26. The Kier molecular flexibility index (Phi) is 3.73. The first-order valence-corrected chi connectivity index (χ1v) is 6.65. The molecule has 2 atom stereocenters. The van der Waals surface area contributed by atoms with Gasteiger partial charge in [-0.3, -0.25) is 0 Å². The molecule has 17 heavy (non-hydrogen) atoms. The van der Waals surface area contributed by atoms with Gasteiger partial charge >= 0.3 is 0 Å². The third-order valence-electron chi connectivity index (χ3n) is 2.72. The fourth-order valence-corrected chi connectivity index (χ4v) is 2.54. The van der Waals surface area contributed by atoms with E-state index in [4.69, 9.17) is 15.2 Å². The van der Waals surface area contributed by atoms with E-state index in [0.717, 1.165) is 18.0 Å². The molecule has 2 unspecified atom stereocenters. The third-order valence-corrected chi connectivity index (χ3v) is 3.49. The number of nitrogen functional groups attached to an aromatic ring is 1. The van der Waals surface area contributed by atoms with E-state index in [0.29, 0.717) is 17.6 Å². The average Bonchev–Trinajstić information content (AvgIpc) is 2.79. The van der Waals surface area contributed by atoms with E-state index in [1.807, 2.05) is 13.8 Å². The molecule has 1 aromatic heterocycles. The molecule has 0 aliphatic carbocycles. The molecule has 0 amide bonds. The minimum absolute atomic E-state index is 0.0894. The van der Waals surface area contributed by atoms with E-state index in [9.17, 15) is 0 Å². The number of anilines is 2. The van der Waals surface area contributed by atoms with E-state index < -0.39 is 0 Å². The number of nitrogens with zero attached hydrogens (tertiary/aromatic N) is 1. The number of aromatic nitrogens is 1. The lowest BCUT2D eigenvalue weighted by Gasteiger charge is -2.17. The Morgan fingerprint density at radius 1 is 1.59 bits per heavy atom. The molecule has 5 nitrogen and oxygen atoms in total. The SMILES string of the molecule is CC(C)Oc1c(N)nsc1NC1CCOC1C. The molecule has 0 saturated carbocycles. The highest BCUT2D eigenvalue weighted by molar-refractivity contribution is 7.11. The van der Waals surface area contributed by atoms with Crippen molar-refractivity contribution in [2.45, 2.75) is 45.4 Å². The quantitative estimate of drug-likeness (QED) is 0.864. The van der Waals surface area contributed by atoms with E-state index >= 15 is 0 Å². The molecule has 0 radical (unpaired) electrons. The molecule has 1 fully saturated rings. The number of ether oxygens (including phenoxy) is 2. The molecular weight excluding hydrogens is 238 g/mol. The van der Waals surface area contributed by atoms with Crippen molar-refractivity contribution in [1.29, 1.82) is 0 Å². The average molecular weight is 257 g/mol. The summed E-state index contributed by atoms with van der Waals surface area (Å²) in [6.45, 7) is 6.82. The van der Waals surface area contributed by atoms with Crippen LogP contribution in [0.15, 0.2) is 0 Å². The summed E-state index contributed by atoms with van der Waals surface area (Å²) in [7, 11) is 0. The number of nitrogens with one attached hydrogen (secondary N) is 1. The predicted molar refractivity (Wildman–Crippen MR) is 69.7 cm³/mol. The van der Waals surface area contributed by atoms with Crippen molar-refractivity contribution in [3.8, 4) is 5.75 Å². The minimum Gasteiger partial charge on any atom is -0.484 e. The first-order chi connectivity index (χ1) is 8.08. The summed E-state index contributed by atoms with van der Waals surface area (Å²) >= 11 is 1.34. The standard InChI is InChI=1S/C11H19N3O2S/c1-6(2)16-9-10(12)14-17-11(9)13-8-4-5-15-7(8)3/h6-8,13H,4-5H2,1-3H3,(H2,12,14). The molecule has 0 spiro atoms. The predicted octanol–water partition coefficient (Wildman–Crippen LogP) is 2.10.